The third-order valence-electron chi connectivity index (χ3n) is 3.54. The summed E-state index contributed by atoms with van der Waals surface area (Å²) in [6.45, 7) is 4.31. The van der Waals surface area contributed by atoms with E-state index in [2.05, 4.69) is 44.9 Å². The molecule has 2 N–H and O–H groups in total. The van der Waals surface area contributed by atoms with E-state index in [0.717, 1.165) is 37.0 Å². The van der Waals surface area contributed by atoms with Gasteiger partial charge in [-0.05, 0) is 31.0 Å². The fourth-order valence-electron chi connectivity index (χ4n) is 2.18. The van der Waals surface area contributed by atoms with Crippen molar-refractivity contribution in [2.45, 2.75) is 26.4 Å². The van der Waals surface area contributed by atoms with Crippen molar-refractivity contribution in [3.05, 3.63) is 42.0 Å². The lowest BCUT2D eigenvalue weighted by Gasteiger charge is -2.12. The number of hydrogen-bond acceptors (Lipinski definition) is 4. The lowest BCUT2D eigenvalue weighted by Crippen LogP contribution is -2.38. The van der Waals surface area contributed by atoms with Crippen LogP contribution >= 0.6 is 0 Å². The maximum Gasteiger partial charge on any atom is 0.191 e. The molecule has 0 bridgehead atoms. The highest BCUT2D eigenvalue weighted by atomic mass is 16.5. The summed E-state index contributed by atoms with van der Waals surface area (Å²) in [5.74, 6) is 2.52. The van der Waals surface area contributed by atoms with Gasteiger partial charge in [-0.1, -0.05) is 12.1 Å². The zero-order valence-corrected chi connectivity index (χ0v) is 13.9. The van der Waals surface area contributed by atoms with Crippen LogP contribution in [0.3, 0.4) is 0 Å². The summed E-state index contributed by atoms with van der Waals surface area (Å²) in [7, 11) is 3.43. The molecule has 2 rings (SSSR count). The molecule has 0 atom stereocenters. The van der Waals surface area contributed by atoms with E-state index >= 15 is 0 Å². The van der Waals surface area contributed by atoms with Gasteiger partial charge in [0.1, 0.15) is 12.1 Å². The van der Waals surface area contributed by atoms with Crippen molar-refractivity contribution in [1.29, 1.82) is 0 Å². The maximum atomic E-state index is 5.16. The quantitative estimate of drug-likeness (QED) is 0.593. The largest absolute Gasteiger partial charge is 0.497 e. The van der Waals surface area contributed by atoms with Crippen molar-refractivity contribution in [2.24, 2.45) is 4.99 Å². The van der Waals surface area contributed by atoms with Crippen molar-refractivity contribution >= 4 is 5.96 Å². The number of aromatic nitrogens is 3. The Hall–Kier alpha value is -2.57. The average molecular weight is 316 g/mol. The predicted octanol–water partition coefficient (Wildman–Crippen LogP) is 1.21. The zero-order valence-electron chi connectivity index (χ0n) is 13.9. The molecule has 124 valence electrons. The number of aliphatic imine (C=N–C) groups is 1. The molecule has 7 nitrogen and oxygen atoms in total. The van der Waals surface area contributed by atoms with Crippen molar-refractivity contribution in [2.75, 3.05) is 20.7 Å². The first-order chi connectivity index (χ1) is 11.3. The third kappa shape index (κ3) is 4.98. The van der Waals surface area contributed by atoms with E-state index in [0.29, 0.717) is 6.54 Å². The van der Waals surface area contributed by atoms with E-state index in [-0.39, 0.29) is 0 Å². The Kier molecular flexibility index (Phi) is 6.40. The molecule has 23 heavy (non-hydrogen) atoms. The Labute approximate surface area is 136 Å². The van der Waals surface area contributed by atoms with E-state index in [4.69, 9.17) is 4.74 Å². The van der Waals surface area contributed by atoms with Gasteiger partial charge in [-0.2, -0.15) is 0 Å². The molecule has 1 aromatic heterocycles. The summed E-state index contributed by atoms with van der Waals surface area (Å²) < 4.78 is 7.16. The molecule has 0 radical (unpaired) electrons. The molecule has 0 amide bonds. The van der Waals surface area contributed by atoms with Crippen LogP contribution in [0.2, 0.25) is 0 Å². The van der Waals surface area contributed by atoms with E-state index < -0.39 is 0 Å². The van der Waals surface area contributed by atoms with Crippen molar-refractivity contribution < 1.29 is 4.74 Å². The third-order valence-corrected chi connectivity index (χ3v) is 3.54. The van der Waals surface area contributed by atoms with E-state index in [1.165, 1.54) is 5.56 Å². The molecule has 0 aliphatic carbocycles. The molecule has 0 fully saturated rings. The molecule has 0 saturated heterocycles. The van der Waals surface area contributed by atoms with Gasteiger partial charge in [0, 0.05) is 20.1 Å². The zero-order chi connectivity index (χ0) is 16.5. The van der Waals surface area contributed by atoms with Crippen molar-refractivity contribution in [3.8, 4) is 5.75 Å². The topological polar surface area (TPSA) is 76.4 Å². The van der Waals surface area contributed by atoms with Gasteiger partial charge in [0.2, 0.25) is 0 Å². The second-order valence-corrected chi connectivity index (χ2v) is 4.98. The molecular weight excluding hydrogens is 292 g/mol. The summed E-state index contributed by atoms with van der Waals surface area (Å²) in [5, 5.41) is 14.6. The highest BCUT2D eigenvalue weighted by molar-refractivity contribution is 5.79. The Morgan fingerprint density at radius 2 is 2.04 bits per heavy atom. The normalized spacial score (nSPS) is 11.3. The molecule has 0 saturated carbocycles. The first-order valence-electron chi connectivity index (χ1n) is 7.71. The Morgan fingerprint density at radius 3 is 2.70 bits per heavy atom. The lowest BCUT2D eigenvalue weighted by atomic mass is 10.1. The van der Waals surface area contributed by atoms with Crippen LogP contribution in [-0.4, -0.2) is 41.4 Å². The number of methoxy groups -OCH3 is 1. The van der Waals surface area contributed by atoms with Gasteiger partial charge in [0.25, 0.3) is 0 Å². The SMILES string of the molecule is CCn1cnnc1CNC(=NC)NCCc1ccc(OC)cc1. The van der Waals surface area contributed by atoms with Crippen LogP contribution in [0.4, 0.5) is 0 Å². The van der Waals surface area contributed by atoms with Gasteiger partial charge in [0.15, 0.2) is 11.8 Å². The molecule has 0 unspecified atom stereocenters. The molecule has 1 aromatic carbocycles. The number of nitrogens with zero attached hydrogens (tertiary/aromatic N) is 4. The minimum Gasteiger partial charge on any atom is -0.497 e. The first-order valence-corrected chi connectivity index (χ1v) is 7.71. The van der Waals surface area contributed by atoms with Crippen LogP contribution in [0.1, 0.15) is 18.3 Å². The molecule has 2 aromatic rings. The van der Waals surface area contributed by atoms with E-state index in [1.54, 1.807) is 20.5 Å². The second-order valence-electron chi connectivity index (χ2n) is 4.98. The monoisotopic (exact) mass is 316 g/mol. The van der Waals surface area contributed by atoms with Gasteiger partial charge in [-0.25, -0.2) is 0 Å². The predicted molar refractivity (Wildman–Crippen MR) is 90.6 cm³/mol. The molecule has 7 heteroatoms. The summed E-state index contributed by atoms with van der Waals surface area (Å²) in [5.41, 5.74) is 1.25. The first kappa shape index (κ1) is 16.8. The van der Waals surface area contributed by atoms with Crippen molar-refractivity contribution in [3.63, 3.8) is 0 Å². The lowest BCUT2D eigenvalue weighted by molar-refractivity contribution is 0.414. The number of hydrogen-bond donors (Lipinski definition) is 2. The Balaban J connectivity index is 1.76. The van der Waals surface area contributed by atoms with Crippen molar-refractivity contribution in [1.82, 2.24) is 25.4 Å². The fourth-order valence-corrected chi connectivity index (χ4v) is 2.18. The number of aryl methyl sites for hydroxylation is 1. The molecule has 0 spiro atoms. The van der Waals surface area contributed by atoms with Gasteiger partial charge >= 0.3 is 0 Å². The van der Waals surface area contributed by atoms with Crippen LogP contribution in [-0.2, 0) is 19.5 Å². The highest BCUT2D eigenvalue weighted by Gasteiger charge is 2.04. The summed E-state index contributed by atoms with van der Waals surface area (Å²) in [4.78, 5) is 4.22. The highest BCUT2D eigenvalue weighted by Crippen LogP contribution is 2.11. The van der Waals surface area contributed by atoms with Crippen LogP contribution in [0.5, 0.6) is 5.75 Å². The second kappa shape index (κ2) is 8.77. The summed E-state index contributed by atoms with van der Waals surface area (Å²) >= 11 is 0. The molecule has 0 aliphatic rings. The smallest absolute Gasteiger partial charge is 0.191 e. The van der Waals surface area contributed by atoms with Gasteiger partial charge < -0.3 is 19.9 Å². The number of benzene rings is 1. The van der Waals surface area contributed by atoms with E-state index in [9.17, 15) is 0 Å². The fraction of sp³-hybridized carbons (Fsp3) is 0.438. The van der Waals surface area contributed by atoms with Crippen LogP contribution < -0.4 is 15.4 Å². The maximum absolute atomic E-state index is 5.16. The summed E-state index contributed by atoms with van der Waals surface area (Å²) in [6.07, 6.45) is 2.65. The van der Waals surface area contributed by atoms with E-state index in [1.807, 2.05) is 16.7 Å². The minimum atomic E-state index is 0.593. The number of ether oxygens (including phenoxy) is 1. The average Bonchev–Trinajstić information content (AvgIpc) is 3.06. The number of rotatable bonds is 7. The molecule has 0 aliphatic heterocycles. The van der Waals surface area contributed by atoms with Crippen LogP contribution in [0, 0.1) is 0 Å². The van der Waals surface area contributed by atoms with Gasteiger partial charge in [-0.15, -0.1) is 10.2 Å². The number of nitrogens with one attached hydrogen (secondary N) is 2. The summed E-state index contributed by atoms with van der Waals surface area (Å²) in [6, 6.07) is 8.08. The molecule has 1 heterocycles. The standard InChI is InChI=1S/C16H24N6O/c1-4-22-12-20-21-15(22)11-19-16(17-2)18-10-9-13-5-7-14(23-3)8-6-13/h5-8,12H,4,9-11H2,1-3H3,(H2,17,18,19). The molecular formula is C16H24N6O. The minimum absolute atomic E-state index is 0.593. The van der Waals surface area contributed by atoms with Gasteiger partial charge in [-0.3, -0.25) is 4.99 Å². The number of guanidine groups is 1. The Bertz CT molecular complexity index is 620. The van der Waals surface area contributed by atoms with Gasteiger partial charge in [0.05, 0.1) is 13.7 Å². The van der Waals surface area contributed by atoms with Crippen LogP contribution in [0.25, 0.3) is 0 Å². The van der Waals surface area contributed by atoms with Crippen LogP contribution in [0.15, 0.2) is 35.6 Å². The Morgan fingerprint density at radius 1 is 1.26 bits per heavy atom.